The quantitative estimate of drug-likeness (QED) is 0.766. The number of aromatic hydroxyl groups is 1. The Kier molecular flexibility index (Phi) is 5.56. The van der Waals surface area contributed by atoms with Gasteiger partial charge < -0.3 is 19.6 Å². The molecule has 0 bridgehead atoms. The van der Waals surface area contributed by atoms with E-state index < -0.39 is 0 Å². The Hall–Kier alpha value is -2.53. The molecule has 1 fully saturated rings. The molecule has 1 saturated heterocycles. The Morgan fingerprint density at radius 3 is 2.56 bits per heavy atom. The Morgan fingerprint density at radius 2 is 1.92 bits per heavy atom. The van der Waals surface area contributed by atoms with E-state index in [2.05, 4.69) is 28.6 Å². The van der Waals surface area contributed by atoms with Crippen LogP contribution in [0.1, 0.15) is 11.1 Å². The van der Waals surface area contributed by atoms with E-state index in [1.165, 1.54) is 10.6 Å². The molecular weight excluding hydrogens is 314 g/mol. The zero-order valence-electron chi connectivity index (χ0n) is 14.8. The van der Waals surface area contributed by atoms with Gasteiger partial charge in [-0.2, -0.15) is 0 Å². The van der Waals surface area contributed by atoms with Gasteiger partial charge in [-0.1, -0.05) is 6.08 Å². The minimum absolute atomic E-state index is 0.384. The summed E-state index contributed by atoms with van der Waals surface area (Å²) < 4.78 is 5.40. The van der Waals surface area contributed by atoms with Gasteiger partial charge in [-0.3, -0.25) is 0 Å². The number of rotatable bonds is 6. The molecule has 5 heteroatoms. The molecule has 1 aromatic heterocycles. The monoisotopic (exact) mass is 341 g/mol. The largest absolute Gasteiger partial charge is 0.507 e. The Labute approximate surface area is 149 Å². The maximum absolute atomic E-state index is 10.6. The highest BCUT2D eigenvalue weighted by molar-refractivity contribution is 5.47. The number of nitrogens with zero attached hydrogens (tertiary/aromatic N) is 1. The van der Waals surface area contributed by atoms with Crippen LogP contribution in [0.5, 0.6) is 11.5 Å². The van der Waals surface area contributed by atoms with Crippen molar-refractivity contribution in [3.63, 3.8) is 0 Å². The third-order valence-electron chi connectivity index (χ3n) is 4.82. The van der Waals surface area contributed by atoms with Crippen molar-refractivity contribution < 1.29 is 19.7 Å². The van der Waals surface area contributed by atoms with E-state index in [0.29, 0.717) is 12.2 Å². The summed E-state index contributed by atoms with van der Waals surface area (Å²) >= 11 is 0. The van der Waals surface area contributed by atoms with E-state index in [1.54, 1.807) is 13.2 Å². The van der Waals surface area contributed by atoms with Crippen molar-refractivity contribution >= 4 is 5.69 Å². The topological polar surface area (TPSA) is 51.3 Å². The Balaban J connectivity index is 1.67. The van der Waals surface area contributed by atoms with Crippen molar-refractivity contribution in [3.8, 4) is 11.5 Å². The third-order valence-corrected chi connectivity index (χ3v) is 4.82. The number of H-pyrrole nitrogens is 1. The van der Waals surface area contributed by atoms with Crippen molar-refractivity contribution in [1.82, 2.24) is 0 Å². The van der Waals surface area contributed by atoms with Gasteiger partial charge in [0.05, 0.1) is 38.9 Å². The molecule has 0 unspecified atom stereocenters. The third kappa shape index (κ3) is 4.12. The number of methoxy groups -OCH3 is 1. The molecule has 5 nitrogen and oxygen atoms in total. The van der Waals surface area contributed by atoms with E-state index >= 15 is 0 Å². The molecule has 0 saturated carbocycles. The van der Waals surface area contributed by atoms with E-state index in [0.717, 1.165) is 49.6 Å². The lowest BCUT2D eigenvalue weighted by Crippen LogP contribution is -3.13. The zero-order valence-corrected chi connectivity index (χ0v) is 14.8. The molecule has 2 heterocycles. The van der Waals surface area contributed by atoms with Crippen molar-refractivity contribution in [3.05, 3.63) is 60.4 Å². The number of benzene rings is 1. The van der Waals surface area contributed by atoms with Gasteiger partial charge in [-0.25, -0.2) is 4.98 Å². The summed E-state index contributed by atoms with van der Waals surface area (Å²) in [5.74, 6) is 1.18. The molecule has 0 aliphatic carbocycles. The molecule has 1 aliphatic heterocycles. The van der Waals surface area contributed by atoms with Gasteiger partial charge >= 0.3 is 0 Å². The smallest absolute Gasteiger partial charge is 0.169 e. The fourth-order valence-electron chi connectivity index (χ4n) is 3.41. The van der Waals surface area contributed by atoms with E-state index in [1.807, 2.05) is 24.5 Å². The number of piperazine rings is 1. The van der Waals surface area contributed by atoms with Crippen molar-refractivity contribution in [2.45, 2.75) is 13.0 Å². The number of nitrogens with one attached hydrogen (secondary N) is 2. The lowest BCUT2D eigenvalue weighted by Gasteiger charge is -2.33. The molecule has 3 rings (SSSR count). The summed E-state index contributed by atoms with van der Waals surface area (Å²) in [7, 11) is 1.66. The predicted octanol–water partition coefficient (Wildman–Crippen LogP) is 0.848. The van der Waals surface area contributed by atoms with Crippen LogP contribution in [0.25, 0.3) is 0 Å². The van der Waals surface area contributed by atoms with Crippen LogP contribution in [0, 0.1) is 0 Å². The zero-order chi connectivity index (χ0) is 17.6. The van der Waals surface area contributed by atoms with Crippen LogP contribution in [0.2, 0.25) is 0 Å². The number of hydrogen-bond acceptors (Lipinski definition) is 3. The Morgan fingerprint density at radius 1 is 1.24 bits per heavy atom. The standard InChI is InChI=1S/C20H25N3O2/c1-3-4-16-13-19(25-2)14-17(20(16)24)15-22-9-11-23(12-10-22)18-5-7-21-8-6-18/h3,5-8,13-14,24H,1,4,9-12,15H2,2H3/p+2. The number of ether oxygens (including phenoxy) is 1. The maximum atomic E-state index is 10.6. The van der Waals surface area contributed by atoms with Crippen molar-refractivity contribution in [1.29, 1.82) is 0 Å². The molecule has 0 amide bonds. The summed E-state index contributed by atoms with van der Waals surface area (Å²) in [4.78, 5) is 6.95. The number of quaternary nitrogens is 1. The van der Waals surface area contributed by atoms with Crippen LogP contribution >= 0.6 is 0 Å². The average molecular weight is 341 g/mol. The van der Waals surface area contributed by atoms with E-state index in [9.17, 15) is 5.11 Å². The average Bonchev–Trinajstić information content (AvgIpc) is 2.66. The number of aromatic nitrogens is 1. The number of aromatic amines is 1. The fraction of sp³-hybridized carbons (Fsp3) is 0.350. The molecule has 3 N–H and O–H groups in total. The summed E-state index contributed by atoms with van der Waals surface area (Å²) in [6.45, 7) is 8.71. The maximum Gasteiger partial charge on any atom is 0.169 e. The number of anilines is 1. The first kappa shape index (κ1) is 17.3. The molecule has 1 aromatic carbocycles. The normalized spacial score (nSPS) is 15.2. The van der Waals surface area contributed by atoms with Gasteiger partial charge in [0, 0.05) is 23.4 Å². The minimum atomic E-state index is 0.384. The van der Waals surface area contributed by atoms with Crippen LogP contribution in [0.4, 0.5) is 5.69 Å². The highest BCUT2D eigenvalue weighted by Crippen LogP contribution is 2.28. The van der Waals surface area contributed by atoms with Gasteiger partial charge in [0.25, 0.3) is 0 Å². The molecular formula is C20H27N3O2+2. The molecule has 2 aromatic rings. The number of phenolic OH excluding ortho intramolecular Hbond substituents is 1. The molecule has 25 heavy (non-hydrogen) atoms. The lowest BCUT2D eigenvalue weighted by atomic mass is 10.0. The van der Waals surface area contributed by atoms with E-state index in [4.69, 9.17) is 4.74 Å². The number of allylic oxidation sites excluding steroid dienone is 1. The lowest BCUT2D eigenvalue weighted by molar-refractivity contribution is -0.914. The van der Waals surface area contributed by atoms with Crippen LogP contribution in [-0.2, 0) is 13.0 Å². The van der Waals surface area contributed by atoms with Gasteiger partial charge in [-0.05, 0) is 18.6 Å². The predicted molar refractivity (Wildman–Crippen MR) is 98.2 cm³/mol. The summed E-state index contributed by atoms with van der Waals surface area (Å²) in [5.41, 5.74) is 3.09. The first-order valence-corrected chi connectivity index (χ1v) is 8.75. The Bertz CT molecular complexity index is 710. The summed E-state index contributed by atoms with van der Waals surface area (Å²) in [6.07, 6.45) is 6.37. The second kappa shape index (κ2) is 8.03. The molecule has 1 aliphatic rings. The number of hydrogen-bond donors (Lipinski definition) is 2. The SMILES string of the molecule is C=CCc1cc(OC)cc(C[NH+]2CCN(c3cc[nH+]cc3)CC2)c1O. The van der Waals surface area contributed by atoms with Gasteiger partial charge in [0.1, 0.15) is 18.0 Å². The number of pyridine rings is 1. The minimum Gasteiger partial charge on any atom is -0.507 e. The van der Waals surface area contributed by atoms with Gasteiger partial charge in [0.15, 0.2) is 12.4 Å². The summed E-state index contributed by atoms with van der Waals surface area (Å²) in [6, 6.07) is 8.06. The highest BCUT2D eigenvalue weighted by Gasteiger charge is 2.22. The molecule has 0 atom stereocenters. The fourth-order valence-corrected chi connectivity index (χ4v) is 3.41. The first-order chi connectivity index (χ1) is 12.2. The highest BCUT2D eigenvalue weighted by atomic mass is 16.5. The van der Waals surface area contributed by atoms with Crippen LogP contribution < -0.4 is 19.5 Å². The van der Waals surface area contributed by atoms with Gasteiger partial charge in [0.2, 0.25) is 0 Å². The number of phenols is 1. The van der Waals surface area contributed by atoms with Crippen LogP contribution in [-0.4, -0.2) is 38.4 Å². The summed E-state index contributed by atoms with van der Waals surface area (Å²) in [5, 5.41) is 10.6. The second-order valence-corrected chi connectivity index (χ2v) is 6.46. The van der Waals surface area contributed by atoms with Gasteiger partial charge in [-0.15, -0.1) is 6.58 Å². The van der Waals surface area contributed by atoms with Crippen LogP contribution in [0.3, 0.4) is 0 Å². The van der Waals surface area contributed by atoms with E-state index in [-0.39, 0.29) is 0 Å². The van der Waals surface area contributed by atoms with Crippen molar-refractivity contribution in [2.24, 2.45) is 0 Å². The van der Waals surface area contributed by atoms with Crippen LogP contribution in [0.15, 0.2) is 49.3 Å². The first-order valence-electron chi connectivity index (χ1n) is 8.75. The molecule has 0 radical (unpaired) electrons. The van der Waals surface area contributed by atoms with Crippen molar-refractivity contribution in [2.75, 3.05) is 38.2 Å². The second-order valence-electron chi connectivity index (χ2n) is 6.46. The molecule has 0 spiro atoms. The molecule has 132 valence electrons.